The second-order valence-electron chi connectivity index (χ2n) is 5.36. The van der Waals surface area contributed by atoms with Gasteiger partial charge in [0.15, 0.2) is 0 Å². The zero-order chi connectivity index (χ0) is 17.1. The number of pyridine rings is 1. The Morgan fingerprint density at radius 3 is 2.58 bits per heavy atom. The number of hydrogen-bond donors (Lipinski definition) is 1. The average molecular weight is 386 g/mol. The third kappa shape index (κ3) is 3.10. The molecule has 3 rings (SSSR count). The molecule has 0 fully saturated rings. The molecule has 3 aromatic rings. The summed E-state index contributed by atoms with van der Waals surface area (Å²) in [5, 5.41) is 14.4. The smallest absolute Gasteiger partial charge is 0.339 e. The van der Waals surface area contributed by atoms with Gasteiger partial charge in [-0.15, -0.1) is 0 Å². The van der Waals surface area contributed by atoms with E-state index >= 15 is 0 Å². The lowest BCUT2D eigenvalue weighted by Gasteiger charge is -2.07. The van der Waals surface area contributed by atoms with Crippen molar-refractivity contribution in [1.29, 1.82) is 0 Å². The van der Waals surface area contributed by atoms with Crippen molar-refractivity contribution in [2.24, 2.45) is 0 Å². The maximum atomic E-state index is 11.9. The molecule has 0 amide bonds. The fraction of sp³-hybridized carbons (Fsp3) is 0.167. The van der Waals surface area contributed by atoms with Crippen molar-refractivity contribution in [3.8, 4) is 16.9 Å². The number of benzene rings is 1. The van der Waals surface area contributed by atoms with E-state index in [1.807, 2.05) is 37.3 Å². The van der Waals surface area contributed by atoms with E-state index in [4.69, 9.17) is 0 Å². The van der Waals surface area contributed by atoms with Gasteiger partial charge in [-0.2, -0.15) is 5.10 Å². The molecule has 0 aliphatic heterocycles. The molecule has 24 heavy (non-hydrogen) atoms. The second kappa shape index (κ2) is 6.97. The summed E-state index contributed by atoms with van der Waals surface area (Å²) in [7, 11) is 0. The van der Waals surface area contributed by atoms with Gasteiger partial charge in [-0.05, 0) is 42.8 Å². The van der Waals surface area contributed by atoms with Gasteiger partial charge in [0, 0.05) is 22.4 Å². The minimum absolute atomic E-state index is 0.243. The van der Waals surface area contributed by atoms with Crippen molar-refractivity contribution in [3.63, 3.8) is 0 Å². The van der Waals surface area contributed by atoms with Crippen molar-refractivity contribution in [1.82, 2.24) is 14.8 Å². The van der Waals surface area contributed by atoms with E-state index in [0.29, 0.717) is 23.4 Å². The van der Waals surface area contributed by atoms with Crippen LogP contribution in [0, 0.1) is 0 Å². The Morgan fingerprint density at radius 2 is 2.00 bits per heavy atom. The number of carbonyl (C=O) groups is 1. The van der Waals surface area contributed by atoms with Crippen LogP contribution < -0.4 is 0 Å². The third-order valence-corrected chi connectivity index (χ3v) is 4.22. The summed E-state index contributed by atoms with van der Waals surface area (Å²) < 4.78 is 2.68. The SMILES string of the molecule is CCCc1c(C(=O)O)c(-c2cccnc2)nn1-c1ccc(Br)cc1. The summed E-state index contributed by atoms with van der Waals surface area (Å²) in [4.78, 5) is 16.0. The topological polar surface area (TPSA) is 68.0 Å². The van der Waals surface area contributed by atoms with E-state index in [2.05, 4.69) is 26.0 Å². The van der Waals surface area contributed by atoms with Crippen LogP contribution in [-0.2, 0) is 6.42 Å². The van der Waals surface area contributed by atoms with Gasteiger partial charge in [-0.25, -0.2) is 9.48 Å². The predicted octanol–water partition coefficient (Wildman–Crippen LogP) is 4.35. The van der Waals surface area contributed by atoms with E-state index in [9.17, 15) is 9.90 Å². The first kappa shape index (κ1) is 16.4. The Hall–Kier alpha value is -2.47. The number of aromatic nitrogens is 3. The number of hydrogen-bond acceptors (Lipinski definition) is 3. The predicted molar refractivity (Wildman–Crippen MR) is 95.4 cm³/mol. The molecular formula is C18H16BrN3O2. The highest BCUT2D eigenvalue weighted by Crippen LogP contribution is 2.28. The lowest BCUT2D eigenvalue weighted by Crippen LogP contribution is -2.06. The second-order valence-corrected chi connectivity index (χ2v) is 6.27. The number of halogens is 1. The molecular weight excluding hydrogens is 370 g/mol. The van der Waals surface area contributed by atoms with E-state index < -0.39 is 5.97 Å². The minimum atomic E-state index is -0.972. The van der Waals surface area contributed by atoms with Crippen molar-refractivity contribution in [3.05, 3.63) is 64.5 Å². The van der Waals surface area contributed by atoms with Crippen molar-refractivity contribution in [2.45, 2.75) is 19.8 Å². The van der Waals surface area contributed by atoms with Crippen LogP contribution in [0.5, 0.6) is 0 Å². The van der Waals surface area contributed by atoms with E-state index in [0.717, 1.165) is 16.6 Å². The van der Waals surface area contributed by atoms with E-state index in [1.54, 1.807) is 23.1 Å². The standard InChI is InChI=1S/C18H16BrN3O2/c1-2-4-15-16(18(23)24)17(12-5-3-10-20-11-12)21-22(15)14-8-6-13(19)7-9-14/h3,5-11H,2,4H2,1H3,(H,23,24). The maximum Gasteiger partial charge on any atom is 0.339 e. The quantitative estimate of drug-likeness (QED) is 0.708. The largest absolute Gasteiger partial charge is 0.478 e. The molecule has 0 saturated heterocycles. The van der Waals surface area contributed by atoms with Crippen LogP contribution in [0.1, 0.15) is 29.4 Å². The zero-order valence-electron chi connectivity index (χ0n) is 13.1. The normalized spacial score (nSPS) is 10.8. The Kier molecular flexibility index (Phi) is 4.76. The highest BCUT2D eigenvalue weighted by molar-refractivity contribution is 9.10. The molecule has 122 valence electrons. The summed E-state index contributed by atoms with van der Waals surface area (Å²) in [5.74, 6) is -0.972. The van der Waals surface area contributed by atoms with E-state index in [-0.39, 0.29) is 5.56 Å². The summed E-state index contributed by atoms with van der Waals surface area (Å²) in [6.07, 6.45) is 4.75. The van der Waals surface area contributed by atoms with Crippen molar-refractivity contribution in [2.75, 3.05) is 0 Å². The zero-order valence-corrected chi connectivity index (χ0v) is 14.7. The Bertz CT molecular complexity index is 858. The van der Waals surface area contributed by atoms with Gasteiger partial charge in [0.25, 0.3) is 0 Å². The molecule has 0 aliphatic rings. The lowest BCUT2D eigenvalue weighted by molar-refractivity contribution is 0.0696. The molecule has 0 spiro atoms. The number of carboxylic acids is 1. The van der Waals surface area contributed by atoms with Gasteiger partial charge >= 0.3 is 5.97 Å². The van der Waals surface area contributed by atoms with Gasteiger partial charge in [0.1, 0.15) is 11.3 Å². The van der Waals surface area contributed by atoms with Gasteiger partial charge in [-0.1, -0.05) is 29.3 Å². The molecule has 0 aliphatic carbocycles. The van der Waals surface area contributed by atoms with Gasteiger partial charge < -0.3 is 5.11 Å². The maximum absolute atomic E-state index is 11.9. The summed E-state index contributed by atoms with van der Waals surface area (Å²) in [6.45, 7) is 2.02. The van der Waals surface area contributed by atoms with Crippen LogP contribution in [0.2, 0.25) is 0 Å². The van der Waals surface area contributed by atoms with Crippen LogP contribution in [-0.4, -0.2) is 25.8 Å². The molecule has 0 bridgehead atoms. The molecule has 6 heteroatoms. The highest BCUT2D eigenvalue weighted by atomic mass is 79.9. The first-order valence-corrected chi connectivity index (χ1v) is 8.42. The molecule has 2 aromatic heterocycles. The Labute approximate surface area is 148 Å². The fourth-order valence-corrected chi connectivity index (χ4v) is 2.91. The van der Waals surface area contributed by atoms with Gasteiger partial charge in [-0.3, -0.25) is 4.98 Å². The Morgan fingerprint density at radius 1 is 1.25 bits per heavy atom. The van der Waals surface area contributed by atoms with Crippen LogP contribution in [0.3, 0.4) is 0 Å². The molecule has 5 nitrogen and oxygen atoms in total. The third-order valence-electron chi connectivity index (χ3n) is 3.69. The van der Waals surface area contributed by atoms with Crippen LogP contribution in [0.15, 0.2) is 53.3 Å². The monoisotopic (exact) mass is 385 g/mol. The highest BCUT2D eigenvalue weighted by Gasteiger charge is 2.24. The van der Waals surface area contributed by atoms with Gasteiger partial charge in [0.05, 0.1) is 11.4 Å². The first-order valence-electron chi connectivity index (χ1n) is 7.63. The molecule has 0 atom stereocenters. The molecule has 1 aromatic carbocycles. The molecule has 1 N–H and O–H groups in total. The molecule has 0 radical (unpaired) electrons. The van der Waals surface area contributed by atoms with Gasteiger partial charge in [0.2, 0.25) is 0 Å². The number of aromatic carboxylic acids is 1. The number of carboxylic acid groups (broad SMARTS) is 1. The van der Waals surface area contributed by atoms with Crippen LogP contribution >= 0.6 is 15.9 Å². The van der Waals surface area contributed by atoms with Crippen LogP contribution in [0.25, 0.3) is 16.9 Å². The fourth-order valence-electron chi connectivity index (χ4n) is 2.65. The molecule has 2 heterocycles. The Balaban J connectivity index is 2.25. The first-order chi connectivity index (χ1) is 11.6. The van der Waals surface area contributed by atoms with E-state index in [1.165, 1.54) is 0 Å². The summed E-state index contributed by atoms with van der Waals surface area (Å²) >= 11 is 3.41. The lowest BCUT2D eigenvalue weighted by atomic mass is 10.1. The van der Waals surface area contributed by atoms with Crippen molar-refractivity contribution >= 4 is 21.9 Å². The summed E-state index contributed by atoms with van der Waals surface area (Å²) in [6, 6.07) is 11.3. The summed E-state index contributed by atoms with van der Waals surface area (Å²) in [5.41, 5.74) is 2.92. The minimum Gasteiger partial charge on any atom is -0.478 e. The number of rotatable bonds is 5. The van der Waals surface area contributed by atoms with Crippen LogP contribution in [0.4, 0.5) is 0 Å². The number of nitrogens with zero attached hydrogens (tertiary/aromatic N) is 3. The molecule has 0 saturated carbocycles. The molecule has 0 unspecified atom stereocenters. The van der Waals surface area contributed by atoms with Crippen molar-refractivity contribution < 1.29 is 9.90 Å². The average Bonchev–Trinajstić information content (AvgIpc) is 2.96.